The molecule has 0 aliphatic rings. The van der Waals surface area contributed by atoms with E-state index in [9.17, 15) is 4.79 Å². The topological polar surface area (TPSA) is 71.8 Å². The molecule has 0 aliphatic heterocycles. The minimum atomic E-state index is -0.186. The van der Waals surface area contributed by atoms with E-state index in [1.54, 1.807) is 24.9 Å². The van der Waals surface area contributed by atoms with Gasteiger partial charge in [-0.1, -0.05) is 6.07 Å². The second-order valence-corrected chi connectivity index (χ2v) is 4.79. The van der Waals surface area contributed by atoms with Crippen molar-refractivity contribution in [2.75, 3.05) is 0 Å². The van der Waals surface area contributed by atoms with Crippen molar-refractivity contribution in [3.05, 3.63) is 48.8 Å². The lowest BCUT2D eigenvalue weighted by Crippen LogP contribution is -2.43. The molecule has 0 aliphatic carbocycles. The Balaban J connectivity index is 1.80. The standard InChI is InChI=1S/C14H19N5O/c1-11(9-19-7-6-16-10-19)17-14(20)18-12(2)13-4-3-5-15-8-13/h3-8,10-12H,9H2,1-2H3,(H2,17,18,20)/t11-,12+/m0/s1. The first-order chi connectivity index (χ1) is 9.65. The van der Waals surface area contributed by atoms with E-state index in [1.165, 1.54) is 0 Å². The summed E-state index contributed by atoms with van der Waals surface area (Å²) >= 11 is 0. The minimum Gasteiger partial charge on any atom is -0.335 e. The van der Waals surface area contributed by atoms with Crippen molar-refractivity contribution in [3.63, 3.8) is 0 Å². The van der Waals surface area contributed by atoms with E-state index in [2.05, 4.69) is 20.6 Å². The van der Waals surface area contributed by atoms with Crippen molar-refractivity contribution < 1.29 is 4.79 Å². The number of nitrogens with one attached hydrogen (secondary N) is 2. The van der Waals surface area contributed by atoms with Crippen LogP contribution < -0.4 is 10.6 Å². The second-order valence-electron chi connectivity index (χ2n) is 4.79. The van der Waals surface area contributed by atoms with E-state index < -0.39 is 0 Å². The van der Waals surface area contributed by atoms with Gasteiger partial charge in [0.25, 0.3) is 0 Å². The van der Waals surface area contributed by atoms with Crippen LogP contribution in [0.4, 0.5) is 4.79 Å². The maximum atomic E-state index is 11.9. The van der Waals surface area contributed by atoms with Gasteiger partial charge in [0.15, 0.2) is 0 Å². The Morgan fingerprint density at radius 2 is 2.15 bits per heavy atom. The number of hydrogen-bond acceptors (Lipinski definition) is 3. The summed E-state index contributed by atoms with van der Waals surface area (Å²) in [6, 6.07) is 3.54. The second kappa shape index (κ2) is 6.70. The summed E-state index contributed by atoms with van der Waals surface area (Å²) in [4.78, 5) is 19.9. The van der Waals surface area contributed by atoms with Gasteiger partial charge in [-0.15, -0.1) is 0 Å². The van der Waals surface area contributed by atoms with Crippen LogP contribution >= 0.6 is 0 Å². The highest BCUT2D eigenvalue weighted by Gasteiger charge is 2.11. The van der Waals surface area contributed by atoms with Gasteiger partial charge in [0, 0.05) is 37.4 Å². The lowest BCUT2D eigenvalue weighted by Gasteiger charge is -2.18. The third-order valence-electron chi connectivity index (χ3n) is 2.95. The molecule has 20 heavy (non-hydrogen) atoms. The number of pyridine rings is 1. The number of imidazole rings is 1. The van der Waals surface area contributed by atoms with Gasteiger partial charge >= 0.3 is 6.03 Å². The SMILES string of the molecule is C[C@@H](Cn1ccnc1)NC(=O)N[C@H](C)c1cccnc1. The van der Waals surface area contributed by atoms with Gasteiger partial charge in [-0.05, 0) is 25.5 Å². The molecule has 6 nitrogen and oxygen atoms in total. The quantitative estimate of drug-likeness (QED) is 0.871. The highest BCUT2D eigenvalue weighted by atomic mass is 16.2. The Hall–Kier alpha value is -2.37. The lowest BCUT2D eigenvalue weighted by atomic mass is 10.1. The highest BCUT2D eigenvalue weighted by molar-refractivity contribution is 5.74. The van der Waals surface area contributed by atoms with Gasteiger partial charge in [0.2, 0.25) is 0 Å². The zero-order valence-electron chi connectivity index (χ0n) is 11.7. The number of nitrogens with zero attached hydrogens (tertiary/aromatic N) is 3. The fraction of sp³-hybridized carbons (Fsp3) is 0.357. The van der Waals surface area contributed by atoms with E-state index in [-0.39, 0.29) is 18.1 Å². The summed E-state index contributed by atoms with van der Waals surface area (Å²) in [5, 5.41) is 5.79. The number of carbonyl (C=O) groups is 1. The normalized spacial score (nSPS) is 13.5. The van der Waals surface area contributed by atoms with E-state index >= 15 is 0 Å². The highest BCUT2D eigenvalue weighted by Crippen LogP contribution is 2.09. The molecule has 0 radical (unpaired) electrons. The maximum Gasteiger partial charge on any atom is 0.315 e. The van der Waals surface area contributed by atoms with Crippen LogP contribution in [0.1, 0.15) is 25.5 Å². The van der Waals surface area contributed by atoms with Crippen LogP contribution in [-0.4, -0.2) is 26.6 Å². The maximum absolute atomic E-state index is 11.9. The zero-order chi connectivity index (χ0) is 14.4. The van der Waals surface area contributed by atoms with E-state index in [1.807, 2.05) is 36.7 Å². The molecule has 0 fully saturated rings. The van der Waals surface area contributed by atoms with Crippen LogP contribution in [0.5, 0.6) is 0 Å². The molecule has 2 aromatic heterocycles. The van der Waals surface area contributed by atoms with Crippen molar-refractivity contribution in [1.29, 1.82) is 0 Å². The van der Waals surface area contributed by atoms with E-state index in [0.29, 0.717) is 6.54 Å². The predicted molar refractivity (Wildman–Crippen MR) is 76.0 cm³/mol. The fourth-order valence-corrected chi connectivity index (χ4v) is 1.93. The molecular formula is C14H19N5O. The van der Waals surface area contributed by atoms with Crippen molar-refractivity contribution in [3.8, 4) is 0 Å². The molecule has 2 atom stereocenters. The van der Waals surface area contributed by atoms with Gasteiger partial charge in [-0.3, -0.25) is 4.98 Å². The van der Waals surface area contributed by atoms with Gasteiger partial charge < -0.3 is 15.2 Å². The monoisotopic (exact) mass is 273 g/mol. The first kappa shape index (κ1) is 14.0. The smallest absolute Gasteiger partial charge is 0.315 e. The van der Waals surface area contributed by atoms with Crippen molar-refractivity contribution in [2.45, 2.75) is 32.5 Å². The predicted octanol–water partition coefficient (Wildman–Crippen LogP) is 1.73. The number of hydrogen-bond donors (Lipinski definition) is 2. The molecule has 2 amide bonds. The summed E-state index contributed by atoms with van der Waals surface area (Å²) in [6.45, 7) is 4.57. The summed E-state index contributed by atoms with van der Waals surface area (Å²) in [7, 11) is 0. The molecule has 2 aromatic rings. The molecule has 2 rings (SSSR count). The number of aromatic nitrogens is 3. The van der Waals surface area contributed by atoms with E-state index in [0.717, 1.165) is 5.56 Å². The van der Waals surface area contributed by atoms with Crippen LogP contribution in [0.15, 0.2) is 43.2 Å². The Morgan fingerprint density at radius 3 is 2.80 bits per heavy atom. The molecule has 2 heterocycles. The first-order valence-corrected chi connectivity index (χ1v) is 6.58. The summed E-state index contributed by atoms with van der Waals surface area (Å²) < 4.78 is 1.93. The van der Waals surface area contributed by atoms with Crippen LogP contribution in [0.2, 0.25) is 0 Å². The lowest BCUT2D eigenvalue weighted by molar-refractivity contribution is 0.233. The van der Waals surface area contributed by atoms with Crippen molar-refractivity contribution >= 4 is 6.03 Å². The van der Waals surface area contributed by atoms with Gasteiger partial charge in [-0.2, -0.15) is 0 Å². The molecule has 0 aromatic carbocycles. The summed E-state index contributed by atoms with van der Waals surface area (Å²) in [5.41, 5.74) is 0.977. The molecule has 2 N–H and O–H groups in total. The number of urea groups is 1. The first-order valence-electron chi connectivity index (χ1n) is 6.58. The molecule has 0 spiro atoms. The Bertz CT molecular complexity index is 526. The van der Waals surface area contributed by atoms with Crippen LogP contribution in [0.3, 0.4) is 0 Å². The zero-order valence-corrected chi connectivity index (χ0v) is 11.7. The molecular weight excluding hydrogens is 254 g/mol. The Kier molecular flexibility index (Phi) is 4.70. The molecule has 0 saturated carbocycles. The number of amides is 2. The third-order valence-corrected chi connectivity index (χ3v) is 2.95. The van der Waals surface area contributed by atoms with Crippen LogP contribution in [0.25, 0.3) is 0 Å². The molecule has 6 heteroatoms. The van der Waals surface area contributed by atoms with Gasteiger partial charge in [0.1, 0.15) is 0 Å². The van der Waals surface area contributed by atoms with Crippen molar-refractivity contribution in [2.24, 2.45) is 0 Å². The fourth-order valence-electron chi connectivity index (χ4n) is 1.93. The van der Waals surface area contributed by atoms with Gasteiger partial charge in [-0.25, -0.2) is 9.78 Å². The largest absolute Gasteiger partial charge is 0.335 e. The summed E-state index contributed by atoms with van der Waals surface area (Å²) in [6.07, 6.45) is 8.78. The molecule has 0 bridgehead atoms. The number of rotatable bonds is 5. The number of carbonyl (C=O) groups excluding carboxylic acids is 1. The molecule has 0 saturated heterocycles. The summed E-state index contributed by atoms with van der Waals surface area (Å²) in [5.74, 6) is 0. The van der Waals surface area contributed by atoms with Crippen molar-refractivity contribution in [1.82, 2.24) is 25.2 Å². The minimum absolute atomic E-state index is 0.0188. The van der Waals surface area contributed by atoms with Gasteiger partial charge in [0.05, 0.1) is 12.4 Å². The van der Waals surface area contributed by atoms with Crippen LogP contribution in [-0.2, 0) is 6.54 Å². The van der Waals surface area contributed by atoms with E-state index in [4.69, 9.17) is 0 Å². The van der Waals surface area contributed by atoms with Crippen LogP contribution in [0, 0.1) is 0 Å². The average Bonchev–Trinajstić information content (AvgIpc) is 2.92. The molecule has 0 unspecified atom stereocenters. The Morgan fingerprint density at radius 1 is 1.30 bits per heavy atom. The third kappa shape index (κ3) is 4.08. The molecule has 106 valence electrons. The average molecular weight is 273 g/mol. The Labute approximate surface area is 118 Å².